The standard InChI is InChI=1S/C9H9ClN2O2/c1-5-9(13)12(2)8-7(14-5)3-6(10)4-11-8/h3-5H,1-2H3. The van der Waals surface area contributed by atoms with Gasteiger partial charge in [-0.25, -0.2) is 4.98 Å². The minimum absolute atomic E-state index is 0.104. The van der Waals surface area contributed by atoms with Gasteiger partial charge in [0.15, 0.2) is 17.7 Å². The van der Waals surface area contributed by atoms with Crippen LogP contribution in [0.25, 0.3) is 0 Å². The van der Waals surface area contributed by atoms with Crippen LogP contribution in [-0.2, 0) is 4.79 Å². The first-order valence-electron chi connectivity index (χ1n) is 4.19. The first-order valence-corrected chi connectivity index (χ1v) is 4.57. The molecule has 0 saturated carbocycles. The minimum atomic E-state index is -0.479. The third kappa shape index (κ3) is 1.32. The highest BCUT2D eigenvalue weighted by Gasteiger charge is 2.29. The van der Waals surface area contributed by atoms with Gasteiger partial charge in [0.1, 0.15) is 0 Å². The Balaban J connectivity index is 2.50. The normalized spacial score (nSPS) is 20.4. The molecule has 2 heterocycles. The van der Waals surface area contributed by atoms with Crippen molar-refractivity contribution in [2.75, 3.05) is 11.9 Å². The number of ether oxygens (including phenoxy) is 1. The molecule has 1 aliphatic heterocycles. The summed E-state index contributed by atoms with van der Waals surface area (Å²) in [5, 5.41) is 0.499. The SMILES string of the molecule is CC1Oc2cc(Cl)cnc2N(C)C1=O. The zero-order valence-corrected chi connectivity index (χ0v) is 8.58. The Morgan fingerprint density at radius 2 is 2.36 bits per heavy atom. The first-order chi connectivity index (χ1) is 6.59. The number of likely N-dealkylation sites (N-methyl/N-ethyl adjacent to an activating group) is 1. The van der Waals surface area contributed by atoms with Crippen LogP contribution in [0, 0.1) is 0 Å². The number of anilines is 1. The Morgan fingerprint density at radius 3 is 3.07 bits per heavy atom. The molecule has 1 aliphatic rings. The molecule has 5 heteroatoms. The average molecular weight is 213 g/mol. The lowest BCUT2D eigenvalue weighted by Crippen LogP contribution is -2.42. The van der Waals surface area contributed by atoms with Crippen LogP contribution in [0.2, 0.25) is 5.02 Å². The van der Waals surface area contributed by atoms with E-state index in [1.807, 2.05) is 0 Å². The number of amides is 1. The number of hydrogen-bond donors (Lipinski definition) is 0. The molecule has 74 valence electrons. The Bertz CT molecular complexity index is 394. The molecule has 0 N–H and O–H groups in total. The maximum atomic E-state index is 11.5. The average Bonchev–Trinajstić information content (AvgIpc) is 2.14. The largest absolute Gasteiger partial charge is 0.477 e. The number of halogens is 1. The Hall–Kier alpha value is -1.29. The minimum Gasteiger partial charge on any atom is -0.477 e. The van der Waals surface area contributed by atoms with Gasteiger partial charge in [0.05, 0.1) is 5.02 Å². The predicted molar refractivity (Wildman–Crippen MR) is 52.7 cm³/mol. The fraction of sp³-hybridized carbons (Fsp3) is 0.333. The van der Waals surface area contributed by atoms with Crippen molar-refractivity contribution >= 4 is 23.3 Å². The van der Waals surface area contributed by atoms with Crippen LogP contribution >= 0.6 is 11.6 Å². The van der Waals surface area contributed by atoms with Gasteiger partial charge in [-0.15, -0.1) is 0 Å². The Morgan fingerprint density at radius 1 is 1.64 bits per heavy atom. The fourth-order valence-corrected chi connectivity index (χ4v) is 1.52. The van der Waals surface area contributed by atoms with Crippen molar-refractivity contribution in [1.82, 2.24) is 4.98 Å². The zero-order valence-electron chi connectivity index (χ0n) is 7.82. The number of carbonyl (C=O) groups excluding carboxylic acids is 1. The van der Waals surface area contributed by atoms with E-state index in [1.165, 1.54) is 11.1 Å². The molecule has 0 saturated heterocycles. The Labute approximate surface area is 86.4 Å². The summed E-state index contributed by atoms with van der Waals surface area (Å²) in [5.74, 6) is 0.955. The number of carbonyl (C=O) groups is 1. The highest BCUT2D eigenvalue weighted by molar-refractivity contribution is 6.30. The number of hydrogen-bond acceptors (Lipinski definition) is 3. The molecule has 2 rings (SSSR count). The lowest BCUT2D eigenvalue weighted by molar-refractivity contribution is -0.125. The molecule has 0 fully saturated rings. The smallest absolute Gasteiger partial charge is 0.268 e. The van der Waals surface area contributed by atoms with Gasteiger partial charge in [0.25, 0.3) is 5.91 Å². The maximum Gasteiger partial charge on any atom is 0.268 e. The highest BCUT2D eigenvalue weighted by atomic mass is 35.5. The molecular weight excluding hydrogens is 204 g/mol. The molecule has 1 atom stereocenters. The van der Waals surface area contributed by atoms with Gasteiger partial charge in [-0.3, -0.25) is 9.69 Å². The van der Waals surface area contributed by atoms with Crippen molar-refractivity contribution in [3.05, 3.63) is 17.3 Å². The van der Waals surface area contributed by atoms with Crippen LogP contribution in [-0.4, -0.2) is 24.0 Å². The number of pyridine rings is 1. The van der Waals surface area contributed by atoms with Crippen molar-refractivity contribution in [2.45, 2.75) is 13.0 Å². The molecule has 0 bridgehead atoms. The molecule has 1 amide bonds. The van der Waals surface area contributed by atoms with Gasteiger partial charge in [-0.1, -0.05) is 11.6 Å². The first kappa shape index (κ1) is 9.27. The van der Waals surface area contributed by atoms with Gasteiger partial charge in [-0.2, -0.15) is 0 Å². The van der Waals surface area contributed by atoms with Crippen molar-refractivity contribution in [1.29, 1.82) is 0 Å². The van der Waals surface area contributed by atoms with Crippen molar-refractivity contribution in [3.63, 3.8) is 0 Å². The van der Waals surface area contributed by atoms with E-state index in [0.717, 1.165) is 0 Å². The van der Waals surface area contributed by atoms with Crippen LogP contribution in [0.5, 0.6) is 5.75 Å². The van der Waals surface area contributed by atoms with E-state index in [0.29, 0.717) is 16.6 Å². The maximum absolute atomic E-state index is 11.5. The molecule has 0 spiro atoms. The second kappa shape index (κ2) is 3.13. The monoisotopic (exact) mass is 212 g/mol. The van der Waals surface area contributed by atoms with E-state index >= 15 is 0 Å². The third-order valence-electron chi connectivity index (χ3n) is 2.10. The van der Waals surface area contributed by atoms with Crippen LogP contribution in [0.3, 0.4) is 0 Å². The molecule has 14 heavy (non-hydrogen) atoms. The zero-order chi connectivity index (χ0) is 10.3. The quantitative estimate of drug-likeness (QED) is 0.654. The highest BCUT2D eigenvalue weighted by Crippen LogP contribution is 2.32. The molecule has 4 nitrogen and oxygen atoms in total. The number of fused-ring (bicyclic) bond motifs is 1. The molecule has 0 aliphatic carbocycles. The van der Waals surface area contributed by atoms with Crippen LogP contribution < -0.4 is 9.64 Å². The lowest BCUT2D eigenvalue weighted by atomic mass is 10.2. The van der Waals surface area contributed by atoms with Gasteiger partial charge in [-0.05, 0) is 6.92 Å². The van der Waals surface area contributed by atoms with E-state index in [-0.39, 0.29) is 5.91 Å². The summed E-state index contributed by atoms with van der Waals surface area (Å²) in [5.41, 5.74) is 0. The summed E-state index contributed by atoms with van der Waals surface area (Å²) in [4.78, 5) is 17.0. The van der Waals surface area contributed by atoms with Crippen LogP contribution in [0.1, 0.15) is 6.92 Å². The summed E-state index contributed by atoms with van der Waals surface area (Å²) in [7, 11) is 1.67. The Kier molecular flexibility index (Phi) is 2.07. The molecule has 1 unspecified atom stereocenters. The third-order valence-corrected chi connectivity index (χ3v) is 2.31. The second-order valence-corrected chi connectivity index (χ2v) is 3.57. The number of rotatable bonds is 0. The van der Waals surface area contributed by atoms with Crippen molar-refractivity contribution in [3.8, 4) is 5.75 Å². The van der Waals surface area contributed by atoms with Crippen LogP contribution in [0.4, 0.5) is 5.82 Å². The van der Waals surface area contributed by atoms with E-state index in [1.54, 1.807) is 20.0 Å². The summed E-state index contributed by atoms with van der Waals surface area (Å²) in [6, 6.07) is 1.66. The number of aromatic nitrogens is 1. The van der Waals surface area contributed by atoms with Crippen molar-refractivity contribution < 1.29 is 9.53 Å². The van der Waals surface area contributed by atoms with E-state index in [9.17, 15) is 4.79 Å². The summed E-state index contributed by atoms with van der Waals surface area (Å²) in [6.45, 7) is 1.70. The molecule has 0 radical (unpaired) electrons. The summed E-state index contributed by atoms with van der Waals surface area (Å²) < 4.78 is 5.36. The fourth-order valence-electron chi connectivity index (χ4n) is 1.37. The van der Waals surface area contributed by atoms with E-state index in [2.05, 4.69) is 4.98 Å². The topological polar surface area (TPSA) is 42.4 Å². The van der Waals surface area contributed by atoms with Gasteiger partial charge in [0.2, 0.25) is 0 Å². The molecule has 0 aromatic carbocycles. The summed E-state index contributed by atoms with van der Waals surface area (Å²) in [6.07, 6.45) is 1.01. The predicted octanol–water partition coefficient (Wildman–Crippen LogP) is 1.48. The number of nitrogens with zero attached hydrogens (tertiary/aromatic N) is 2. The lowest BCUT2D eigenvalue weighted by Gasteiger charge is -2.28. The molecule has 1 aromatic heterocycles. The van der Waals surface area contributed by atoms with E-state index < -0.39 is 6.10 Å². The van der Waals surface area contributed by atoms with Crippen LogP contribution in [0.15, 0.2) is 12.3 Å². The van der Waals surface area contributed by atoms with Crippen molar-refractivity contribution in [2.24, 2.45) is 0 Å². The van der Waals surface area contributed by atoms with E-state index in [4.69, 9.17) is 16.3 Å². The summed E-state index contributed by atoms with van der Waals surface area (Å²) >= 11 is 5.76. The molecular formula is C9H9ClN2O2. The molecule has 1 aromatic rings. The van der Waals surface area contributed by atoms with Gasteiger partial charge >= 0.3 is 0 Å². The van der Waals surface area contributed by atoms with Gasteiger partial charge < -0.3 is 4.74 Å². The van der Waals surface area contributed by atoms with Gasteiger partial charge in [0, 0.05) is 19.3 Å². The second-order valence-electron chi connectivity index (χ2n) is 3.13.